The Balaban J connectivity index is 1.38. The Labute approximate surface area is 257 Å². The third-order valence-corrected chi connectivity index (χ3v) is 9.76. The Bertz CT molecular complexity index is 1580. The molecule has 2 saturated heterocycles. The molecule has 43 heavy (non-hydrogen) atoms. The molecule has 2 aromatic rings. The summed E-state index contributed by atoms with van der Waals surface area (Å²) >= 11 is 0. The first-order valence-corrected chi connectivity index (χ1v) is 15.3. The van der Waals surface area contributed by atoms with Gasteiger partial charge in [0.1, 0.15) is 0 Å². The molecule has 4 aliphatic rings. The van der Waals surface area contributed by atoms with Crippen LogP contribution in [0.15, 0.2) is 102 Å². The van der Waals surface area contributed by atoms with Gasteiger partial charge in [-0.1, -0.05) is 53.9 Å². The zero-order chi connectivity index (χ0) is 30.6. The summed E-state index contributed by atoms with van der Waals surface area (Å²) in [5, 5.41) is 0. The molecule has 0 amide bonds. The van der Waals surface area contributed by atoms with Crippen LogP contribution in [0.4, 0.5) is 11.4 Å². The minimum Gasteiger partial charge on any atom is -0.400 e. The van der Waals surface area contributed by atoms with Crippen LogP contribution < -0.4 is 10.4 Å². The Kier molecular flexibility index (Phi) is 7.42. The van der Waals surface area contributed by atoms with Crippen LogP contribution >= 0.6 is 0 Å². The summed E-state index contributed by atoms with van der Waals surface area (Å²) in [4.78, 5) is 2.35. The maximum absolute atomic E-state index is 6.37. The van der Waals surface area contributed by atoms with Crippen molar-refractivity contribution in [3.8, 4) is 0 Å². The molecular formula is C36H41B2NO4. The molecule has 0 spiro atoms. The Hall–Kier alpha value is -3.27. The van der Waals surface area contributed by atoms with Gasteiger partial charge in [-0.05, 0) is 116 Å². The van der Waals surface area contributed by atoms with Crippen LogP contribution in [-0.4, -0.2) is 36.6 Å². The zero-order valence-electron chi connectivity index (χ0n) is 26.7. The van der Waals surface area contributed by atoms with E-state index in [-0.39, 0.29) is 18.3 Å². The van der Waals surface area contributed by atoms with E-state index in [1.807, 2.05) is 12.2 Å². The maximum atomic E-state index is 6.37. The van der Waals surface area contributed by atoms with Crippen LogP contribution in [0.25, 0.3) is 5.57 Å². The van der Waals surface area contributed by atoms with E-state index in [0.717, 1.165) is 46.3 Å². The average Bonchev–Trinajstić information content (AvgIpc) is 3.34. The number of allylic oxidation sites excluding steroid dienone is 8. The highest BCUT2D eigenvalue weighted by Crippen LogP contribution is 2.43. The lowest BCUT2D eigenvalue weighted by molar-refractivity contribution is 0.00578. The van der Waals surface area contributed by atoms with E-state index in [4.69, 9.17) is 18.6 Å². The van der Waals surface area contributed by atoms with Gasteiger partial charge in [-0.15, -0.1) is 0 Å². The molecule has 6 rings (SSSR count). The van der Waals surface area contributed by atoms with Crippen LogP contribution in [-0.2, 0) is 18.6 Å². The normalized spacial score (nSPS) is 22.8. The van der Waals surface area contributed by atoms with Crippen molar-refractivity contribution in [2.45, 2.75) is 90.6 Å². The quantitative estimate of drug-likeness (QED) is 0.263. The predicted octanol–water partition coefficient (Wildman–Crippen LogP) is 7.62. The van der Waals surface area contributed by atoms with Crippen molar-refractivity contribution in [2.75, 3.05) is 4.90 Å². The molecule has 2 aromatic carbocycles. The number of benzene rings is 2. The highest BCUT2D eigenvalue weighted by molar-refractivity contribution is 6.62. The third-order valence-electron chi connectivity index (χ3n) is 9.76. The van der Waals surface area contributed by atoms with Crippen molar-refractivity contribution < 1.29 is 18.6 Å². The van der Waals surface area contributed by atoms with E-state index in [1.165, 1.54) is 5.70 Å². The minimum atomic E-state index is -0.409. The average molecular weight is 573 g/mol. The molecule has 0 bridgehead atoms. The molecule has 0 saturated carbocycles. The molecule has 220 valence electrons. The predicted molar refractivity (Wildman–Crippen MR) is 176 cm³/mol. The molecule has 0 aromatic heterocycles. The summed E-state index contributed by atoms with van der Waals surface area (Å²) in [6, 6.07) is 17.0. The summed E-state index contributed by atoms with van der Waals surface area (Å²) in [6.07, 6.45) is 12.0. The summed E-state index contributed by atoms with van der Waals surface area (Å²) in [7, 11) is -0.745. The van der Waals surface area contributed by atoms with Gasteiger partial charge in [0, 0.05) is 22.5 Å². The van der Waals surface area contributed by atoms with Gasteiger partial charge in [0.25, 0.3) is 0 Å². The maximum Gasteiger partial charge on any atom is 0.494 e. The van der Waals surface area contributed by atoms with Crippen molar-refractivity contribution in [2.24, 2.45) is 0 Å². The van der Waals surface area contributed by atoms with Gasteiger partial charge in [-0.3, -0.25) is 0 Å². The fourth-order valence-electron chi connectivity index (χ4n) is 5.65. The molecule has 7 heteroatoms. The topological polar surface area (TPSA) is 40.2 Å². The molecule has 5 nitrogen and oxygen atoms in total. The highest BCUT2D eigenvalue weighted by atomic mass is 16.7. The molecule has 2 aliphatic carbocycles. The summed E-state index contributed by atoms with van der Waals surface area (Å²) in [5.74, 6) is 0. The number of rotatable bonds is 6. The van der Waals surface area contributed by atoms with E-state index < -0.39 is 18.3 Å². The van der Waals surface area contributed by atoms with E-state index >= 15 is 0 Å². The molecule has 0 atom stereocenters. The number of anilines is 2. The second-order valence-corrected chi connectivity index (χ2v) is 13.7. The highest BCUT2D eigenvalue weighted by Gasteiger charge is 2.53. The summed E-state index contributed by atoms with van der Waals surface area (Å²) in [5.41, 5.74) is 12.5. The van der Waals surface area contributed by atoms with Crippen LogP contribution in [0.2, 0.25) is 0 Å². The van der Waals surface area contributed by atoms with Crippen LogP contribution in [0.1, 0.15) is 73.8 Å². The smallest absolute Gasteiger partial charge is 0.400 e. The molecule has 2 aliphatic heterocycles. The SMILES string of the molecule is CC1(C)OB(C2=CC=C(N(c3ccc(B4OC(C)(C)C(C)(C)O4)cc3)c3ccccc3C3=C=C=CC=C3)CC2)OC1(C)C. The van der Waals surface area contributed by atoms with Crippen molar-refractivity contribution >= 4 is 36.6 Å². The standard InChI is InChI=1S/C36H41B2NO4/c1-33(2)34(3,4)41-37(40-33)27-18-22-29(23-19-27)39(32-17-13-12-16-31(32)26-14-10-9-11-15-26)30-24-20-28(21-25-30)38-42-35(5,6)36(7,8)43-38/h9-10,12-14,16-20,22-24H,21,25H2,1-8H3. The fraction of sp³-hybridized carbons (Fsp3) is 0.389. The molecule has 2 heterocycles. The van der Waals surface area contributed by atoms with Crippen molar-refractivity contribution in [3.05, 3.63) is 107 Å². The van der Waals surface area contributed by atoms with Gasteiger partial charge in [0.15, 0.2) is 0 Å². The zero-order valence-corrected chi connectivity index (χ0v) is 26.7. The number of hydrogen-bond donors (Lipinski definition) is 0. The van der Waals surface area contributed by atoms with E-state index in [2.05, 4.69) is 139 Å². The van der Waals surface area contributed by atoms with E-state index in [9.17, 15) is 0 Å². The van der Waals surface area contributed by atoms with Gasteiger partial charge >= 0.3 is 14.2 Å². The fourth-order valence-corrected chi connectivity index (χ4v) is 5.65. The van der Waals surface area contributed by atoms with Crippen LogP contribution in [0.3, 0.4) is 0 Å². The first kappa shape index (κ1) is 29.8. The second-order valence-electron chi connectivity index (χ2n) is 13.7. The van der Waals surface area contributed by atoms with Crippen molar-refractivity contribution in [1.82, 2.24) is 0 Å². The molecule has 0 radical (unpaired) electrons. The molecular weight excluding hydrogens is 532 g/mol. The Morgan fingerprint density at radius 2 is 1.30 bits per heavy atom. The Morgan fingerprint density at radius 3 is 1.86 bits per heavy atom. The van der Waals surface area contributed by atoms with Gasteiger partial charge < -0.3 is 23.5 Å². The molecule has 0 N–H and O–H groups in total. The van der Waals surface area contributed by atoms with E-state index in [0.29, 0.717) is 0 Å². The van der Waals surface area contributed by atoms with Crippen LogP contribution in [0, 0.1) is 0 Å². The van der Waals surface area contributed by atoms with Gasteiger partial charge in [0.05, 0.1) is 28.1 Å². The summed E-state index contributed by atoms with van der Waals surface area (Å²) in [6.45, 7) is 16.7. The largest absolute Gasteiger partial charge is 0.494 e. The summed E-state index contributed by atoms with van der Waals surface area (Å²) < 4.78 is 25.4. The molecule has 2 fully saturated rings. The number of nitrogens with zero attached hydrogens (tertiary/aromatic N) is 1. The lowest BCUT2D eigenvalue weighted by atomic mass is 9.73. The van der Waals surface area contributed by atoms with Crippen molar-refractivity contribution in [1.29, 1.82) is 0 Å². The number of hydrogen-bond acceptors (Lipinski definition) is 5. The van der Waals surface area contributed by atoms with Crippen molar-refractivity contribution in [3.63, 3.8) is 0 Å². The molecule has 0 unspecified atom stereocenters. The van der Waals surface area contributed by atoms with Gasteiger partial charge in [-0.2, -0.15) is 0 Å². The monoisotopic (exact) mass is 573 g/mol. The second kappa shape index (κ2) is 10.7. The van der Waals surface area contributed by atoms with Gasteiger partial charge in [-0.25, -0.2) is 0 Å². The minimum absolute atomic E-state index is 0.336. The van der Waals surface area contributed by atoms with E-state index in [1.54, 1.807) is 0 Å². The first-order valence-electron chi connectivity index (χ1n) is 15.3. The lowest BCUT2D eigenvalue weighted by Gasteiger charge is -2.32. The van der Waals surface area contributed by atoms with Gasteiger partial charge in [0.2, 0.25) is 0 Å². The Morgan fingerprint density at radius 1 is 0.698 bits per heavy atom. The third kappa shape index (κ3) is 5.47. The first-order chi connectivity index (χ1) is 20.3. The lowest BCUT2D eigenvalue weighted by Crippen LogP contribution is -2.41. The number of para-hydroxylation sites is 1. The van der Waals surface area contributed by atoms with Crippen LogP contribution in [0.5, 0.6) is 0 Å².